The van der Waals surface area contributed by atoms with E-state index in [-0.39, 0.29) is 18.4 Å². The summed E-state index contributed by atoms with van der Waals surface area (Å²) in [6.45, 7) is 6.23. The second-order valence-corrected chi connectivity index (χ2v) is 6.49. The Labute approximate surface area is 149 Å². The summed E-state index contributed by atoms with van der Waals surface area (Å²) in [4.78, 5) is 28.3. The van der Waals surface area contributed by atoms with Gasteiger partial charge in [0.1, 0.15) is 6.61 Å². The molecule has 1 fully saturated rings. The van der Waals surface area contributed by atoms with E-state index in [1.165, 1.54) is 7.11 Å². The summed E-state index contributed by atoms with van der Waals surface area (Å²) in [5.74, 6) is -0.214. The first kappa shape index (κ1) is 19.4. The molecule has 1 aromatic carbocycles. The highest BCUT2D eigenvalue weighted by atomic mass is 16.5. The fraction of sp³-hybridized carbons (Fsp3) is 0.556. The fourth-order valence-corrected chi connectivity index (χ4v) is 2.86. The molecule has 0 atom stereocenters. The predicted molar refractivity (Wildman–Crippen MR) is 98.9 cm³/mol. The Morgan fingerprint density at radius 2 is 1.92 bits per heavy atom. The molecule has 0 saturated carbocycles. The van der Waals surface area contributed by atoms with Crippen LogP contribution in [-0.2, 0) is 14.3 Å². The zero-order valence-corrected chi connectivity index (χ0v) is 15.3. The van der Waals surface area contributed by atoms with Crippen LogP contribution in [0.4, 0.5) is 11.4 Å². The number of hydrogen-bond acceptors (Lipinski definition) is 5. The van der Waals surface area contributed by atoms with E-state index < -0.39 is 0 Å². The van der Waals surface area contributed by atoms with Gasteiger partial charge in [-0.1, -0.05) is 0 Å². The van der Waals surface area contributed by atoms with E-state index in [1.807, 2.05) is 13.0 Å². The van der Waals surface area contributed by atoms with E-state index in [4.69, 9.17) is 4.74 Å². The first-order valence-corrected chi connectivity index (χ1v) is 8.58. The van der Waals surface area contributed by atoms with Crippen LogP contribution >= 0.6 is 0 Å². The van der Waals surface area contributed by atoms with Crippen molar-refractivity contribution in [2.24, 2.45) is 0 Å². The van der Waals surface area contributed by atoms with Crippen molar-refractivity contribution >= 4 is 23.2 Å². The molecule has 2 N–H and O–H groups in total. The summed E-state index contributed by atoms with van der Waals surface area (Å²) < 4.78 is 4.80. The smallest absolute Gasteiger partial charge is 0.250 e. The van der Waals surface area contributed by atoms with Crippen LogP contribution < -0.4 is 10.6 Å². The lowest BCUT2D eigenvalue weighted by Crippen LogP contribution is -2.35. The lowest BCUT2D eigenvalue weighted by Gasteiger charge is -2.19. The Kier molecular flexibility index (Phi) is 7.36. The molecule has 0 aliphatic carbocycles. The van der Waals surface area contributed by atoms with E-state index in [9.17, 15) is 9.59 Å². The third kappa shape index (κ3) is 6.45. The summed E-state index contributed by atoms with van der Waals surface area (Å²) >= 11 is 0. The zero-order valence-electron chi connectivity index (χ0n) is 15.3. The van der Waals surface area contributed by atoms with E-state index in [0.717, 1.165) is 49.5 Å². The average Bonchev–Trinajstić information content (AvgIpc) is 2.75. The SMILES string of the molecule is COCC(=O)Nc1ccc(NC(=O)CN2CCCN(C)CC2)cc1C. The molecule has 138 valence electrons. The third-order valence-electron chi connectivity index (χ3n) is 4.24. The maximum absolute atomic E-state index is 12.3. The van der Waals surface area contributed by atoms with Crippen molar-refractivity contribution in [2.45, 2.75) is 13.3 Å². The number of hydrogen-bond donors (Lipinski definition) is 2. The number of anilines is 2. The number of methoxy groups -OCH3 is 1. The third-order valence-corrected chi connectivity index (χ3v) is 4.24. The lowest BCUT2D eigenvalue weighted by molar-refractivity contribution is -0.119. The molecular formula is C18H28N4O3. The van der Waals surface area contributed by atoms with Crippen molar-refractivity contribution < 1.29 is 14.3 Å². The van der Waals surface area contributed by atoms with E-state index >= 15 is 0 Å². The number of amides is 2. The van der Waals surface area contributed by atoms with Gasteiger partial charge in [-0.05, 0) is 57.2 Å². The number of ether oxygens (including phenoxy) is 1. The Morgan fingerprint density at radius 1 is 1.12 bits per heavy atom. The van der Waals surface area contributed by atoms with Crippen LogP contribution in [0, 0.1) is 6.92 Å². The van der Waals surface area contributed by atoms with Gasteiger partial charge >= 0.3 is 0 Å². The molecule has 2 amide bonds. The topological polar surface area (TPSA) is 73.9 Å². The van der Waals surface area contributed by atoms with Crippen LogP contribution in [0.5, 0.6) is 0 Å². The van der Waals surface area contributed by atoms with Gasteiger partial charge in [-0.2, -0.15) is 0 Å². The Balaban J connectivity index is 1.88. The van der Waals surface area contributed by atoms with Crippen molar-refractivity contribution in [3.05, 3.63) is 23.8 Å². The first-order valence-electron chi connectivity index (χ1n) is 8.58. The number of nitrogens with one attached hydrogen (secondary N) is 2. The van der Waals surface area contributed by atoms with E-state index in [1.54, 1.807) is 12.1 Å². The van der Waals surface area contributed by atoms with Gasteiger partial charge in [-0.25, -0.2) is 0 Å². The van der Waals surface area contributed by atoms with Crippen LogP contribution in [0.15, 0.2) is 18.2 Å². The van der Waals surface area contributed by atoms with Gasteiger partial charge in [0.15, 0.2) is 0 Å². The molecule has 25 heavy (non-hydrogen) atoms. The number of carbonyl (C=O) groups is 2. The molecule has 1 aliphatic heterocycles. The van der Waals surface area contributed by atoms with E-state index in [2.05, 4.69) is 27.5 Å². The number of nitrogens with zero attached hydrogens (tertiary/aromatic N) is 2. The molecule has 0 unspecified atom stereocenters. The van der Waals surface area contributed by atoms with Gasteiger partial charge in [-0.3, -0.25) is 14.5 Å². The van der Waals surface area contributed by atoms with Crippen LogP contribution in [0.2, 0.25) is 0 Å². The van der Waals surface area contributed by atoms with Crippen LogP contribution in [0.3, 0.4) is 0 Å². The fourth-order valence-electron chi connectivity index (χ4n) is 2.86. The van der Waals surface area contributed by atoms with Gasteiger partial charge in [0, 0.05) is 31.6 Å². The molecule has 7 nitrogen and oxygen atoms in total. The minimum absolute atomic E-state index is 0.0138. The largest absolute Gasteiger partial charge is 0.375 e. The molecule has 1 aromatic rings. The number of benzene rings is 1. The molecule has 7 heteroatoms. The maximum atomic E-state index is 12.3. The highest BCUT2D eigenvalue weighted by Gasteiger charge is 2.15. The quantitative estimate of drug-likeness (QED) is 0.807. The minimum atomic E-state index is -0.200. The Hall–Kier alpha value is -1.96. The normalized spacial score (nSPS) is 16.3. The molecule has 1 saturated heterocycles. The van der Waals surface area contributed by atoms with Crippen molar-refractivity contribution in [3.63, 3.8) is 0 Å². The lowest BCUT2D eigenvalue weighted by atomic mass is 10.1. The number of carbonyl (C=O) groups excluding carboxylic acids is 2. The standard InChI is InChI=1S/C18H28N4O3/c1-14-11-15(5-6-16(14)20-18(24)13-25-3)19-17(23)12-22-8-4-7-21(2)9-10-22/h5-6,11H,4,7-10,12-13H2,1-3H3,(H,19,23)(H,20,24). The molecule has 0 radical (unpaired) electrons. The summed E-state index contributed by atoms with van der Waals surface area (Å²) in [6, 6.07) is 5.44. The summed E-state index contributed by atoms with van der Waals surface area (Å²) in [5.41, 5.74) is 2.34. The van der Waals surface area contributed by atoms with Crippen molar-refractivity contribution in [3.8, 4) is 0 Å². The second-order valence-electron chi connectivity index (χ2n) is 6.49. The molecule has 2 rings (SSSR count). The van der Waals surface area contributed by atoms with Gasteiger partial charge in [0.25, 0.3) is 0 Å². The predicted octanol–water partition coefficient (Wildman–Crippen LogP) is 1.16. The van der Waals surface area contributed by atoms with Gasteiger partial charge < -0.3 is 20.3 Å². The minimum Gasteiger partial charge on any atom is -0.375 e. The second kappa shape index (κ2) is 9.50. The summed E-state index contributed by atoms with van der Waals surface area (Å²) in [7, 11) is 3.59. The van der Waals surface area contributed by atoms with Crippen LogP contribution in [-0.4, -0.2) is 75.1 Å². The summed E-state index contributed by atoms with van der Waals surface area (Å²) in [5, 5.41) is 5.71. The zero-order chi connectivity index (χ0) is 18.2. The average molecular weight is 348 g/mol. The highest BCUT2D eigenvalue weighted by Crippen LogP contribution is 2.19. The first-order chi connectivity index (χ1) is 12.0. The Morgan fingerprint density at radius 3 is 2.64 bits per heavy atom. The number of aryl methyl sites for hydroxylation is 1. The van der Waals surface area contributed by atoms with Crippen molar-refractivity contribution in [2.75, 3.05) is 64.1 Å². The highest BCUT2D eigenvalue weighted by molar-refractivity contribution is 5.94. The molecule has 1 heterocycles. The molecule has 0 spiro atoms. The van der Waals surface area contributed by atoms with Crippen LogP contribution in [0.1, 0.15) is 12.0 Å². The maximum Gasteiger partial charge on any atom is 0.250 e. The van der Waals surface area contributed by atoms with Gasteiger partial charge in [-0.15, -0.1) is 0 Å². The Bertz CT molecular complexity index is 606. The van der Waals surface area contributed by atoms with Gasteiger partial charge in [0.2, 0.25) is 11.8 Å². The molecule has 0 bridgehead atoms. The number of likely N-dealkylation sites (N-methyl/N-ethyl adjacent to an activating group) is 1. The number of rotatable bonds is 6. The van der Waals surface area contributed by atoms with Crippen LogP contribution in [0.25, 0.3) is 0 Å². The molecule has 1 aliphatic rings. The van der Waals surface area contributed by atoms with Crippen molar-refractivity contribution in [1.29, 1.82) is 0 Å². The molecule has 0 aromatic heterocycles. The monoisotopic (exact) mass is 348 g/mol. The molecular weight excluding hydrogens is 320 g/mol. The van der Waals surface area contributed by atoms with Gasteiger partial charge in [0.05, 0.1) is 6.54 Å². The van der Waals surface area contributed by atoms with Crippen molar-refractivity contribution in [1.82, 2.24) is 9.80 Å². The summed E-state index contributed by atoms with van der Waals surface area (Å²) in [6.07, 6.45) is 1.08. The van der Waals surface area contributed by atoms with E-state index in [0.29, 0.717) is 6.54 Å².